The number of nitrogens with zero attached hydrogens (tertiary/aromatic N) is 2. The molecule has 0 amide bonds. The number of carboxylic acids is 1. The van der Waals surface area contributed by atoms with Crippen LogP contribution in [0.1, 0.15) is 16.1 Å². The predicted molar refractivity (Wildman–Crippen MR) is 72.2 cm³/mol. The lowest BCUT2D eigenvalue weighted by Gasteiger charge is -1.98. The van der Waals surface area contributed by atoms with Gasteiger partial charge in [-0.05, 0) is 24.6 Å². The van der Waals surface area contributed by atoms with E-state index in [-0.39, 0.29) is 5.69 Å². The number of nitrogens with one attached hydrogen (secondary N) is 1. The maximum atomic E-state index is 11.1. The van der Waals surface area contributed by atoms with Gasteiger partial charge in [0.25, 0.3) is 0 Å². The summed E-state index contributed by atoms with van der Waals surface area (Å²) in [6.07, 6.45) is 1.87. The van der Waals surface area contributed by atoms with E-state index in [9.17, 15) is 4.79 Å². The number of aromatic carboxylic acids is 1. The lowest BCUT2D eigenvalue weighted by Crippen LogP contribution is -2.04. The first-order valence-corrected chi connectivity index (χ1v) is 5.92. The monoisotopic (exact) mass is 255 g/mol. The standard InChI is InChI=1S/C14H13N3O2/c1-8-4-3-5-10-13(8)9(7-15-10)11-6-12(14(18)19)17(2)16-11/h3-7,15H,1-2H3,(H,18,19). The highest BCUT2D eigenvalue weighted by Gasteiger charge is 2.16. The molecule has 5 nitrogen and oxygen atoms in total. The summed E-state index contributed by atoms with van der Waals surface area (Å²) in [4.78, 5) is 14.3. The summed E-state index contributed by atoms with van der Waals surface area (Å²) in [6.45, 7) is 2.03. The molecule has 0 atom stereocenters. The van der Waals surface area contributed by atoms with Crippen LogP contribution in [0.15, 0.2) is 30.5 Å². The molecule has 2 heterocycles. The van der Waals surface area contributed by atoms with Crippen LogP contribution in [0.4, 0.5) is 0 Å². The van der Waals surface area contributed by atoms with Gasteiger partial charge in [-0.2, -0.15) is 5.10 Å². The van der Waals surface area contributed by atoms with Crippen LogP contribution in [0.3, 0.4) is 0 Å². The van der Waals surface area contributed by atoms with Crippen molar-refractivity contribution in [3.63, 3.8) is 0 Å². The van der Waals surface area contributed by atoms with Crippen molar-refractivity contribution < 1.29 is 9.90 Å². The molecule has 0 aliphatic rings. The Morgan fingerprint density at radius 3 is 2.89 bits per heavy atom. The number of carboxylic acid groups (broad SMARTS) is 1. The molecular weight excluding hydrogens is 242 g/mol. The van der Waals surface area contributed by atoms with Gasteiger partial charge in [-0.25, -0.2) is 4.79 Å². The molecule has 0 aliphatic carbocycles. The second kappa shape index (κ2) is 3.98. The highest BCUT2D eigenvalue weighted by molar-refractivity contribution is 5.98. The van der Waals surface area contributed by atoms with E-state index in [1.54, 1.807) is 13.1 Å². The fraction of sp³-hybridized carbons (Fsp3) is 0.143. The average Bonchev–Trinajstić information content (AvgIpc) is 2.93. The number of aryl methyl sites for hydroxylation is 2. The topological polar surface area (TPSA) is 70.9 Å². The van der Waals surface area contributed by atoms with Crippen LogP contribution in [0, 0.1) is 6.92 Å². The Bertz CT molecular complexity index is 783. The van der Waals surface area contributed by atoms with E-state index in [1.807, 2.05) is 31.3 Å². The quantitative estimate of drug-likeness (QED) is 0.739. The fourth-order valence-corrected chi connectivity index (χ4v) is 2.37. The molecule has 0 aliphatic heterocycles. The van der Waals surface area contributed by atoms with Gasteiger partial charge >= 0.3 is 5.97 Å². The number of fused-ring (bicyclic) bond motifs is 1. The summed E-state index contributed by atoms with van der Waals surface area (Å²) in [7, 11) is 1.63. The first-order chi connectivity index (χ1) is 9.08. The zero-order valence-corrected chi connectivity index (χ0v) is 10.6. The molecule has 1 aromatic carbocycles. The number of hydrogen-bond donors (Lipinski definition) is 2. The van der Waals surface area contributed by atoms with Crippen molar-refractivity contribution in [3.8, 4) is 11.3 Å². The number of H-pyrrole nitrogens is 1. The van der Waals surface area contributed by atoms with Gasteiger partial charge < -0.3 is 10.1 Å². The van der Waals surface area contributed by atoms with E-state index in [4.69, 9.17) is 5.11 Å². The second-order valence-corrected chi connectivity index (χ2v) is 4.54. The molecule has 0 spiro atoms. The van der Waals surface area contributed by atoms with Gasteiger partial charge in [0, 0.05) is 29.7 Å². The van der Waals surface area contributed by atoms with Gasteiger partial charge in [0.1, 0.15) is 5.69 Å². The Labute approximate surface area is 109 Å². The minimum Gasteiger partial charge on any atom is -0.477 e. The Morgan fingerprint density at radius 1 is 1.42 bits per heavy atom. The van der Waals surface area contributed by atoms with E-state index >= 15 is 0 Å². The zero-order chi connectivity index (χ0) is 13.6. The van der Waals surface area contributed by atoms with E-state index in [1.165, 1.54) is 4.68 Å². The third kappa shape index (κ3) is 1.71. The molecule has 0 saturated carbocycles. The summed E-state index contributed by atoms with van der Waals surface area (Å²) in [5.74, 6) is -0.974. The molecule has 19 heavy (non-hydrogen) atoms. The van der Waals surface area contributed by atoms with Crippen molar-refractivity contribution in [2.45, 2.75) is 6.92 Å². The number of benzene rings is 1. The molecule has 3 aromatic rings. The molecule has 5 heteroatoms. The highest BCUT2D eigenvalue weighted by Crippen LogP contribution is 2.30. The SMILES string of the molecule is Cc1cccc2[nH]cc(-c3cc(C(=O)O)n(C)n3)c12. The molecule has 96 valence electrons. The molecule has 2 N–H and O–H groups in total. The number of aromatic nitrogens is 3. The third-order valence-corrected chi connectivity index (χ3v) is 3.29. The maximum absolute atomic E-state index is 11.1. The summed E-state index contributed by atoms with van der Waals surface area (Å²) < 4.78 is 1.38. The van der Waals surface area contributed by atoms with Crippen molar-refractivity contribution >= 4 is 16.9 Å². The Kier molecular flexibility index (Phi) is 2.41. The molecule has 0 unspecified atom stereocenters. The fourth-order valence-electron chi connectivity index (χ4n) is 2.37. The lowest BCUT2D eigenvalue weighted by atomic mass is 10.1. The third-order valence-electron chi connectivity index (χ3n) is 3.29. The van der Waals surface area contributed by atoms with Crippen LogP contribution in [-0.2, 0) is 7.05 Å². The molecule has 2 aromatic heterocycles. The minimum atomic E-state index is -0.974. The Balaban J connectivity index is 2.25. The van der Waals surface area contributed by atoms with Crippen LogP contribution < -0.4 is 0 Å². The number of hydrogen-bond acceptors (Lipinski definition) is 2. The summed E-state index contributed by atoms with van der Waals surface area (Å²) >= 11 is 0. The molecule has 0 saturated heterocycles. The zero-order valence-electron chi connectivity index (χ0n) is 10.6. The molecular formula is C14H13N3O2. The van der Waals surface area contributed by atoms with Gasteiger partial charge in [-0.1, -0.05) is 12.1 Å². The smallest absolute Gasteiger partial charge is 0.354 e. The number of carbonyl (C=O) groups is 1. The molecule has 3 rings (SSSR count). The molecule has 0 fully saturated rings. The first-order valence-electron chi connectivity index (χ1n) is 5.92. The Hall–Kier alpha value is -2.56. The van der Waals surface area contributed by atoms with Crippen molar-refractivity contribution in [1.29, 1.82) is 0 Å². The van der Waals surface area contributed by atoms with Crippen molar-refractivity contribution in [2.75, 3.05) is 0 Å². The van der Waals surface area contributed by atoms with Gasteiger partial charge in [0.2, 0.25) is 0 Å². The minimum absolute atomic E-state index is 0.179. The molecule has 0 bridgehead atoms. The second-order valence-electron chi connectivity index (χ2n) is 4.54. The van der Waals surface area contributed by atoms with Crippen LogP contribution in [0.2, 0.25) is 0 Å². The van der Waals surface area contributed by atoms with Gasteiger partial charge in [-0.3, -0.25) is 4.68 Å². The predicted octanol–water partition coefficient (Wildman–Crippen LogP) is 2.58. The average molecular weight is 255 g/mol. The normalized spacial score (nSPS) is 11.1. The van der Waals surface area contributed by atoms with Crippen molar-refractivity contribution in [2.24, 2.45) is 7.05 Å². The summed E-state index contributed by atoms with van der Waals surface area (Å²) in [6, 6.07) is 7.60. The summed E-state index contributed by atoms with van der Waals surface area (Å²) in [5.41, 5.74) is 3.93. The van der Waals surface area contributed by atoms with Crippen molar-refractivity contribution in [1.82, 2.24) is 14.8 Å². The number of aromatic amines is 1. The van der Waals surface area contributed by atoms with E-state index in [0.717, 1.165) is 22.0 Å². The van der Waals surface area contributed by atoms with E-state index in [2.05, 4.69) is 10.1 Å². The van der Waals surface area contributed by atoms with Crippen LogP contribution in [0.5, 0.6) is 0 Å². The highest BCUT2D eigenvalue weighted by atomic mass is 16.4. The van der Waals surface area contributed by atoms with E-state index < -0.39 is 5.97 Å². The van der Waals surface area contributed by atoms with Crippen LogP contribution in [0.25, 0.3) is 22.2 Å². The first kappa shape index (κ1) is 11.5. The van der Waals surface area contributed by atoms with Crippen LogP contribution in [-0.4, -0.2) is 25.8 Å². The van der Waals surface area contributed by atoms with Gasteiger partial charge in [0.05, 0.1) is 5.69 Å². The van der Waals surface area contributed by atoms with E-state index in [0.29, 0.717) is 5.69 Å². The van der Waals surface area contributed by atoms with Crippen molar-refractivity contribution in [3.05, 3.63) is 41.7 Å². The van der Waals surface area contributed by atoms with Gasteiger partial charge in [0.15, 0.2) is 0 Å². The largest absolute Gasteiger partial charge is 0.477 e. The maximum Gasteiger partial charge on any atom is 0.354 e. The Morgan fingerprint density at radius 2 is 2.21 bits per heavy atom. The summed E-state index contributed by atoms with van der Waals surface area (Å²) in [5, 5.41) is 14.4. The van der Waals surface area contributed by atoms with Crippen LogP contribution >= 0.6 is 0 Å². The lowest BCUT2D eigenvalue weighted by molar-refractivity contribution is 0.0685. The number of rotatable bonds is 2. The van der Waals surface area contributed by atoms with Gasteiger partial charge in [-0.15, -0.1) is 0 Å². The molecule has 0 radical (unpaired) electrons.